The molecule has 17 heavy (non-hydrogen) atoms. The number of benzene rings is 1. The molecule has 0 aromatic heterocycles. The Labute approximate surface area is 102 Å². The summed E-state index contributed by atoms with van der Waals surface area (Å²) in [6.07, 6.45) is 1.10. The highest BCUT2D eigenvalue weighted by Gasteiger charge is 2.38. The highest BCUT2D eigenvalue weighted by Crippen LogP contribution is 2.43. The fourth-order valence-electron chi connectivity index (χ4n) is 2.67. The molecular weight excluding hydrogens is 217 g/mol. The van der Waals surface area contributed by atoms with Gasteiger partial charge in [0.05, 0.1) is 7.11 Å². The van der Waals surface area contributed by atoms with Crippen molar-refractivity contribution in [3.63, 3.8) is 0 Å². The zero-order valence-corrected chi connectivity index (χ0v) is 10.7. The molecule has 0 aliphatic heterocycles. The van der Waals surface area contributed by atoms with Crippen molar-refractivity contribution in [2.75, 3.05) is 13.7 Å². The normalized spacial score (nSPS) is 27.6. The molecule has 1 aliphatic carbocycles. The van der Waals surface area contributed by atoms with Crippen molar-refractivity contribution in [1.82, 2.24) is 5.32 Å². The van der Waals surface area contributed by atoms with E-state index >= 15 is 0 Å². The van der Waals surface area contributed by atoms with E-state index < -0.39 is 0 Å². The van der Waals surface area contributed by atoms with Crippen LogP contribution in [0.5, 0.6) is 5.75 Å². The molecule has 2 nitrogen and oxygen atoms in total. The van der Waals surface area contributed by atoms with Gasteiger partial charge in [-0.2, -0.15) is 0 Å². The molecular formula is C14H20FNO. The molecule has 1 aromatic rings. The molecule has 0 heterocycles. The number of hydrogen-bond acceptors (Lipinski definition) is 2. The summed E-state index contributed by atoms with van der Waals surface area (Å²) in [5.41, 5.74) is 1.09. The third-order valence-electron chi connectivity index (χ3n) is 3.85. The predicted octanol–water partition coefficient (Wildman–Crippen LogP) is 2.94. The van der Waals surface area contributed by atoms with E-state index in [0.29, 0.717) is 23.6 Å². The van der Waals surface area contributed by atoms with Crippen molar-refractivity contribution in [2.24, 2.45) is 5.92 Å². The van der Waals surface area contributed by atoms with Crippen molar-refractivity contribution < 1.29 is 9.13 Å². The maximum Gasteiger partial charge on any atom is 0.165 e. The molecule has 1 aromatic carbocycles. The fraction of sp³-hybridized carbons (Fsp3) is 0.571. The lowest BCUT2D eigenvalue weighted by Crippen LogP contribution is -2.47. The van der Waals surface area contributed by atoms with Crippen LogP contribution < -0.4 is 10.1 Å². The van der Waals surface area contributed by atoms with Gasteiger partial charge in [-0.15, -0.1) is 0 Å². The quantitative estimate of drug-likeness (QED) is 0.869. The maximum absolute atomic E-state index is 13.6. The summed E-state index contributed by atoms with van der Waals surface area (Å²) in [7, 11) is 1.49. The summed E-state index contributed by atoms with van der Waals surface area (Å²) in [5, 5.41) is 3.45. The van der Waals surface area contributed by atoms with E-state index in [1.54, 1.807) is 12.1 Å². The van der Waals surface area contributed by atoms with Gasteiger partial charge in [0.25, 0.3) is 0 Å². The van der Waals surface area contributed by atoms with Gasteiger partial charge in [0.15, 0.2) is 11.6 Å². The molecule has 0 bridgehead atoms. The Morgan fingerprint density at radius 2 is 2.24 bits per heavy atom. The Hall–Kier alpha value is -1.09. The minimum absolute atomic E-state index is 0.260. The number of halogens is 1. The first kappa shape index (κ1) is 12.4. The van der Waals surface area contributed by atoms with Crippen LogP contribution in [0.2, 0.25) is 0 Å². The Balaban J connectivity index is 2.07. The number of rotatable bonds is 4. The van der Waals surface area contributed by atoms with Crippen molar-refractivity contribution in [2.45, 2.75) is 32.2 Å². The first-order valence-electron chi connectivity index (χ1n) is 6.24. The van der Waals surface area contributed by atoms with Crippen LogP contribution in [0.1, 0.15) is 31.7 Å². The molecule has 1 N–H and O–H groups in total. The third kappa shape index (κ3) is 2.29. The summed E-state index contributed by atoms with van der Waals surface area (Å²) in [4.78, 5) is 0. The number of ether oxygens (including phenoxy) is 1. The van der Waals surface area contributed by atoms with E-state index in [1.165, 1.54) is 7.11 Å². The summed E-state index contributed by atoms with van der Waals surface area (Å²) < 4.78 is 18.5. The monoisotopic (exact) mass is 237 g/mol. The second-order valence-electron chi connectivity index (χ2n) is 4.76. The van der Waals surface area contributed by atoms with Gasteiger partial charge in [-0.3, -0.25) is 0 Å². The largest absolute Gasteiger partial charge is 0.494 e. The Morgan fingerprint density at radius 1 is 1.47 bits per heavy atom. The van der Waals surface area contributed by atoms with Crippen molar-refractivity contribution >= 4 is 0 Å². The standard InChI is InChI=1S/C14H20FNO/c1-4-16-13-8-11(9(13)2)10-5-6-14(17-3)12(15)7-10/h5-7,9,11,13,16H,4,8H2,1-3H3. The lowest BCUT2D eigenvalue weighted by Gasteiger charge is -2.43. The minimum Gasteiger partial charge on any atom is -0.494 e. The predicted molar refractivity (Wildman–Crippen MR) is 66.9 cm³/mol. The SMILES string of the molecule is CCNC1CC(c2ccc(OC)c(F)c2)C1C. The van der Waals surface area contributed by atoms with Gasteiger partial charge < -0.3 is 10.1 Å². The van der Waals surface area contributed by atoms with Crippen LogP contribution in [-0.4, -0.2) is 19.7 Å². The van der Waals surface area contributed by atoms with Crippen LogP contribution in [0.25, 0.3) is 0 Å². The highest BCUT2D eigenvalue weighted by atomic mass is 19.1. The number of methoxy groups -OCH3 is 1. The van der Waals surface area contributed by atoms with Crippen molar-refractivity contribution in [1.29, 1.82) is 0 Å². The Morgan fingerprint density at radius 3 is 2.76 bits per heavy atom. The molecule has 1 aliphatic rings. The van der Waals surface area contributed by atoms with E-state index in [4.69, 9.17) is 4.74 Å². The topological polar surface area (TPSA) is 21.3 Å². The molecule has 3 unspecified atom stereocenters. The van der Waals surface area contributed by atoms with Gasteiger partial charge in [-0.1, -0.05) is 19.9 Å². The average Bonchev–Trinajstić information content (AvgIpc) is 2.33. The molecule has 94 valence electrons. The van der Waals surface area contributed by atoms with Crippen LogP contribution in [0, 0.1) is 11.7 Å². The molecule has 3 atom stereocenters. The lowest BCUT2D eigenvalue weighted by molar-refractivity contribution is 0.186. The van der Waals surface area contributed by atoms with Gasteiger partial charge in [-0.05, 0) is 42.5 Å². The highest BCUT2D eigenvalue weighted by molar-refractivity contribution is 5.33. The smallest absolute Gasteiger partial charge is 0.165 e. The second-order valence-corrected chi connectivity index (χ2v) is 4.76. The first-order valence-corrected chi connectivity index (χ1v) is 6.24. The van der Waals surface area contributed by atoms with Crippen LogP contribution in [0.3, 0.4) is 0 Å². The number of nitrogens with one attached hydrogen (secondary N) is 1. The van der Waals surface area contributed by atoms with Crippen molar-refractivity contribution in [3.8, 4) is 5.75 Å². The third-order valence-corrected chi connectivity index (χ3v) is 3.85. The van der Waals surface area contributed by atoms with Crippen LogP contribution in [0.4, 0.5) is 4.39 Å². The summed E-state index contributed by atoms with van der Waals surface area (Å²) in [6, 6.07) is 5.89. The maximum atomic E-state index is 13.6. The van der Waals surface area contributed by atoms with Crippen LogP contribution in [0.15, 0.2) is 18.2 Å². The Kier molecular flexibility index (Phi) is 3.67. The van der Waals surface area contributed by atoms with Gasteiger partial charge in [-0.25, -0.2) is 4.39 Å². The molecule has 2 rings (SSSR count). The molecule has 1 saturated carbocycles. The molecule has 0 radical (unpaired) electrons. The summed E-state index contributed by atoms with van der Waals surface area (Å²) >= 11 is 0. The average molecular weight is 237 g/mol. The minimum atomic E-state index is -0.260. The number of hydrogen-bond donors (Lipinski definition) is 1. The van der Waals surface area contributed by atoms with E-state index in [0.717, 1.165) is 18.5 Å². The zero-order valence-electron chi connectivity index (χ0n) is 10.7. The first-order chi connectivity index (χ1) is 8.17. The molecule has 0 saturated heterocycles. The van der Waals surface area contributed by atoms with E-state index in [9.17, 15) is 4.39 Å². The zero-order chi connectivity index (χ0) is 12.4. The fourth-order valence-corrected chi connectivity index (χ4v) is 2.67. The molecule has 0 spiro atoms. The molecule has 0 amide bonds. The van der Waals surface area contributed by atoms with E-state index in [2.05, 4.69) is 19.2 Å². The lowest BCUT2D eigenvalue weighted by atomic mass is 9.67. The second kappa shape index (κ2) is 5.05. The van der Waals surface area contributed by atoms with E-state index in [1.807, 2.05) is 6.07 Å². The summed E-state index contributed by atoms with van der Waals surface area (Å²) in [6.45, 7) is 5.34. The molecule has 3 heteroatoms. The van der Waals surface area contributed by atoms with E-state index in [-0.39, 0.29) is 5.82 Å². The van der Waals surface area contributed by atoms with Gasteiger partial charge in [0.1, 0.15) is 0 Å². The van der Waals surface area contributed by atoms with Crippen LogP contribution >= 0.6 is 0 Å². The molecule has 1 fully saturated rings. The van der Waals surface area contributed by atoms with Crippen molar-refractivity contribution in [3.05, 3.63) is 29.6 Å². The van der Waals surface area contributed by atoms with Gasteiger partial charge in [0, 0.05) is 6.04 Å². The van der Waals surface area contributed by atoms with Gasteiger partial charge in [0.2, 0.25) is 0 Å². The summed E-state index contributed by atoms with van der Waals surface area (Å²) in [5.74, 6) is 1.11. The Bertz CT molecular complexity index is 394. The van der Waals surface area contributed by atoms with Crippen LogP contribution in [-0.2, 0) is 0 Å². The van der Waals surface area contributed by atoms with Gasteiger partial charge >= 0.3 is 0 Å².